The largest absolute Gasteiger partial charge is 0.455 e. The van der Waals surface area contributed by atoms with Crippen LogP contribution in [0, 0.1) is 0 Å². The molecule has 178 valence electrons. The summed E-state index contributed by atoms with van der Waals surface area (Å²) in [6.45, 7) is 3.17. The lowest BCUT2D eigenvalue weighted by Gasteiger charge is -2.36. The van der Waals surface area contributed by atoms with Gasteiger partial charge in [0.25, 0.3) is 0 Å². The first-order valence-electron chi connectivity index (χ1n) is 11.2. The number of sulfonamides is 1. The standard InChI is InChI=1S/C26H29N3O4S/c1-34(31,32)29(24-14-8-9-15-25(24)33-23-12-6-3-7-13-23)21-26(30)28-18-16-27(17-19-28)20-22-10-4-2-5-11-22/h2-15H,16-21H2,1H3. The summed E-state index contributed by atoms with van der Waals surface area (Å²) in [5.74, 6) is 0.739. The molecule has 0 radical (unpaired) electrons. The van der Waals surface area contributed by atoms with Gasteiger partial charge in [0.15, 0.2) is 5.75 Å². The highest BCUT2D eigenvalue weighted by Crippen LogP contribution is 2.33. The molecule has 0 N–H and O–H groups in total. The van der Waals surface area contributed by atoms with E-state index in [1.165, 1.54) is 5.56 Å². The monoisotopic (exact) mass is 479 g/mol. The van der Waals surface area contributed by atoms with E-state index in [2.05, 4.69) is 17.0 Å². The van der Waals surface area contributed by atoms with E-state index in [-0.39, 0.29) is 12.5 Å². The van der Waals surface area contributed by atoms with E-state index in [0.717, 1.165) is 30.2 Å². The van der Waals surface area contributed by atoms with Crippen LogP contribution in [-0.4, -0.2) is 63.1 Å². The number of anilines is 1. The maximum atomic E-state index is 13.1. The summed E-state index contributed by atoms with van der Waals surface area (Å²) in [6, 6.07) is 26.2. The predicted octanol–water partition coefficient (Wildman–Crippen LogP) is 3.59. The van der Waals surface area contributed by atoms with Crippen LogP contribution in [0.3, 0.4) is 0 Å². The normalized spacial score (nSPS) is 14.6. The van der Waals surface area contributed by atoms with Crippen LogP contribution in [0.15, 0.2) is 84.9 Å². The molecule has 0 spiro atoms. The summed E-state index contributed by atoms with van der Waals surface area (Å²) in [7, 11) is -3.72. The Morgan fingerprint density at radius 1 is 0.853 bits per heavy atom. The second-order valence-electron chi connectivity index (χ2n) is 8.30. The van der Waals surface area contributed by atoms with Crippen LogP contribution in [0.4, 0.5) is 5.69 Å². The van der Waals surface area contributed by atoms with Gasteiger partial charge in [0.2, 0.25) is 15.9 Å². The Kier molecular flexibility index (Phi) is 7.49. The molecule has 0 bridgehead atoms. The van der Waals surface area contributed by atoms with Crippen molar-refractivity contribution in [3.63, 3.8) is 0 Å². The average molecular weight is 480 g/mol. The Labute approximate surface area is 201 Å². The van der Waals surface area contributed by atoms with Crippen molar-refractivity contribution in [1.29, 1.82) is 0 Å². The predicted molar refractivity (Wildman–Crippen MR) is 133 cm³/mol. The second kappa shape index (κ2) is 10.7. The first kappa shape index (κ1) is 23.8. The van der Waals surface area contributed by atoms with Gasteiger partial charge in [-0.05, 0) is 29.8 Å². The lowest BCUT2D eigenvalue weighted by Crippen LogP contribution is -2.51. The number of carbonyl (C=O) groups excluding carboxylic acids is 1. The smallest absolute Gasteiger partial charge is 0.243 e. The van der Waals surface area contributed by atoms with Gasteiger partial charge in [-0.2, -0.15) is 0 Å². The molecular formula is C26H29N3O4S. The zero-order chi connectivity index (χ0) is 24.0. The number of para-hydroxylation sites is 3. The molecule has 4 rings (SSSR count). The molecule has 8 heteroatoms. The Hall–Kier alpha value is -3.36. The van der Waals surface area contributed by atoms with Crippen LogP contribution in [-0.2, 0) is 21.4 Å². The van der Waals surface area contributed by atoms with Crippen molar-refractivity contribution in [3.8, 4) is 11.5 Å². The van der Waals surface area contributed by atoms with Gasteiger partial charge in [0.1, 0.15) is 12.3 Å². The fourth-order valence-corrected chi connectivity index (χ4v) is 4.82. The van der Waals surface area contributed by atoms with E-state index < -0.39 is 10.0 Å². The minimum atomic E-state index is -3.72. The van der Waals surface area contributed by atoms with E-state index in [1.54, 1.807) is 41.3 Å². The summed E-state index contributed by atoms with van der Waals surface area (Å²) in [6.07, 6.45) is 1.11. The number of piperazine rings is 1. The third-order valence-corrected chi connectivity index (χ3v) is 6.88. The van der Waals surface area contributed by atoms with Crippen LogP contribution in [0.25, 0.3) is 0 Å². The first-order chi connectivity index (χ1) is 16.4. The van der Waals surface area contributed by atoms with Crippen molar-refractivity contribution >= 4 is 21.6 Å². The van der Waals surface area contributed by atoms with Crippen LogP contribution in [0.1, 0.15) is 5.56 Å². The second-order valence-corrected chi connectivity index (χ2v) is 10.2. The zero-order valence-corrected chi connectivity index (χ0v) is 20.0. The highest BCUT2D eigenvalue weighted by Gasteiger charge is 2.28. The Morgan fingerprint density at radius 3 is 2.09 bits per heavy atom. The molecule has 0 aliphatic carbocycles. The number of carbonyl (C=O) groups is 1. The van der Waals surface area contributed by atoms with Crippen molar-refractivity contribution in [3.05, 3.63) is 90.5 Å². The zero-order valence-electron chi connectivity index (χ0n) is 19.2. The molecule has 1 heterocycles. The SMILES string of the molecule is CS(=O)(=O)N(CC(=O)N1CCN(Cc2ccccc2)CC1)c1ccccc1Oc1ccccc1. The van der Waals surface area contributed by atoms with Gasteiger partial charge in [0.05, 0.1) is 11.9 Å². The molecule has 1 aliphatic heterocycles. The molecule has 0 unspecified atom stereocenters. The molecule has 1 saturated heterocycles. The lowest BCUT2D eigenvalue weighted by atomic mass is 10.2. The average Bonchev–Trinajstić information content (AvgIpc) is 2.84. The van der Waals surface area contributed by atoms with Gasteiger partial charge >= 0.3 is 0 Å². The van der Waals surface area contributed by atoms with Crippen LogP contribution < -0.4 is 9.04 Å². The van der Waals surface area contributed by atoms with Gasteiger partial charge in [0, 0.05) is 32.7 Å². The molecule has 1 aliphatic rings. The number of ether oxygens (including phenoxy) is 1. The molecule has 0 aromatic heterocycles. The van der Waals surface area contributed by atoms with Crippen molar-refractivity contribution in [2.24, 2.45) is 0 Å². The molecule has 3 aromatic carbocycles. The van der Waals surface area contributed by atoms with Gasteiger partial charge in [-0.3, -0.25) is 14.0 Å². The molecule has 1 amide bonds. The van der Waals surface area contributed by atoms with Gasteiger partial charge in [-0.15, -0.1) is 0 Å². The Bertz CT molecular complexity index is 1190. The molecule has 1 fully saturated rings. The topological polar surface area (TPSA) is 70.2 Å². The third-order valence-electron chi connectivity index (χ3n) is 5.76. The van der Waals surface area contributed by atoms with Gasteiger partial charge in [-0.25, -0.2) is 8.42 Å². The van der Waals surface area contributed by atoms with Crippen molar-refractivity contribution in [2.75, 3.05) is 43.3 Å². The summed E-state index contributed by atoms with van der Waals surface area (Å²) >= 11 is 0. The first-order valence-corrected chi connectivity index (χ1v) is 13.1. The summed E-state index contributed by atoms with van der Waals surface area (Å²) < 4.78 is 32.5. The number of hydrogen-bond acceptors (Lipinski definition) is 5. The highest BCUT2D eigenvalue weighted by molar-refractivity contribution is 7.92. The number of benzene rings is 3. The summed E-state index contributed by atoms with van der Waals surface area (Å²) in [5, 5.41) is 0. The van der Waals surface area contributed by atoms with E-state index in [9.17, 15) is 13.2 Å². The van der Waals surface area contributed by atoms with Crippen molar-refractivity contribution in [2.45, 2.75) is 6.54 Å². The highest BCUT2D eigenvalue weighted by atomic mass is 32.2. The molecule has 34 heavy (non-hydrogen) atoms. The van der Waals surface area contributed by atoms with E-state index >= 15 is 0 Å². The maximum absolute atomic E-state index is 13.1. The van der Waals surface area contributed by atoms with Crippen molar-refractivity contribution < 1.29 is 17.9 Å². The molecule has 3 aromatic rings. The summed E-state index contributed by atoms with van der Waals surface area (Å²) in [4.78, 5) is 17.2. The summed E-state index contributed by atoms with van der Waals surface area (Å²) in [5.41, 5.74) is 1.57. The Balaban J connectivity index is 1.44. The van der Waals surface area contributed by atoms with Gasteiger partial charge < -0.3 is 9.64 Å². The molecule has 0 atom stereocenters. The molecule has 0 saturated carbocycles. The van der Waals surface area contributed by atoms with Crippen LogP contribution >= 0.6 is 0 Å². The Morgan fingerprint density at radius 2 is 1.44 bits per heavy atom. The van der Waals surface area contributed by atoms with Crippen LogP contribution in [0.2, 0.25) is 0 Å². The molecule has 7 nitrogen and oxygen atoms in total. The number of rotatable bonds is 8. The number of nitrogens with zero attached hydrogens (tertiary/aromatic N) is 3. The minimum Gasteiger partial charge on any atom is -0.455 e. The molecular weight excluding hydrogens is 450 g/mol. The van der Waals surface area contributed by atoms with E-state index in [0.29, 0.717) is 30.3 Å². The van der Waals surface area contributed by atoms with Crippen molar-refractivity contribution in [1.82, 2.24) is 9.80 Å². The maximum Gasteiger partial charge on any atom is 0.243 e. The fourth-order valence-electron chi connectivity index (χ4n) is 3.97. The number of amides is 1. The number of hydrogen-bond donors (Lipinski definition) is 0. The third kappa shape index (κ3) is 6.15. The van der Waals surface area contributed by atoms with Gasteiger partial charge in [-0.1, -0.05) is 60.7 Å². The quantitative estimate of drug-likeness (QED) is 0.494. The lowest BCUT2D eigenvalue weighted by molar-refractivity contribution is -0.131. The van der Waals surface area contributed by atoms with E-state index in [4.69, 9.17) is 4.74 Å². The minimum absolute atomic E-state index is 0.223. The van der Waals surface area contributed by atoms with Crippen LogP contribution in [0.5, 0.6) is 11.5 Å². The fraction of sp³-hybridized carbons (Fsp3) is 0.269. The van der Waals surface area contributed by atoms with E-state index in [1.807, 2.05) is 36.4 Å².